The van der Waals surface area contributed by atoms with Gasteiger partial charge in [-0.05, 0) is 42.5 Å². The summed E-state index contributed by atoms with van der Waals surface area (Å²) in [6, 6.07) is 19.0. The Morgan fingerprint density at radius 3 is 2.31 bits per heavy atom. The summed E-state index contributed by atoms with van der Waals surface area (Å²) >= 11 is 18.1. The number of nitrogens with one attached hydrogen (secondary N) is 1. The molecule has 1 amide bonds. The van der Waals surface area contributed by atoms with E-state index in [0.717, 1.165) is 0 Å². The Morgan fingerprint density at radius 2 is 1.55 bits per heavy atom. The van der Waals surface area contributed by atoms with Gasteiger partial charge in [-0.3, -0.25) is 4.79 Å². The predicted molar refractivity (Wildman–Crippen MR) is 115 cm³/mol. The van der Waals surface area contributed by atoms with E-state index in [9.17, 15) is 4.79 Å². The molecule has 1 N–H and O–H groups in total. The lowest BCUT2D eigenvalue weighted by atomic mass is 10.1. The molecule has 0 fully saturated rings. The molecule has 0 radical (unpaired) electrons. The van der Waals surface area contributed by atoms with Crippen molar-refractivity contribution >= 4 is 46.4 Å². The third-order valence-electron chi connectivity index (χ3n) is 4.12. The molecule has 1 heterocycles. The van der Waals surface area contributed by atoms with E-state index in [1.165, 1.54) is 0 Å². The van der Waals surface area contributed by atoms with Crippen molar-refractivity contribution in [2.24, 2.45) is 0 Å². The molecule has 0 aliphatic heterocycles. The zero-order valence-corrected chi connectivity index (χ0v) is 17.0. The van der Waals surface area contributed by atoms with Crippen molar-refractivity contribution in [1.29, 1.82) is 0 Å². The van der Waals surface area contributed by atoms with Crippen LogP contribution in [-0.2, 0) is 0 Å². The first kappa shape index (κ1) is 19.5. The van der Waals surface area contributed by atoms with Crippen molar-refractivity contribution in [3.63, 3.8) is 0 Å². The Morgan fingerprint density at radius 1 is 0.828 bits per heavy atom. The van der Waals surface area contributed by atoms with Gasteiger partial charge < -0.3 is 9.84 Å². The fourth-order valence-corrected chi connectivity index (χ4v) is 3.24. The second-order valence-electron chi connectivity index (χ2n) is 6.03. The molecule has 0 unspecified atom stereocenters. The smallest absolute Gasteiger partial charge is 0.259 e. The van der Waals surface area contributed by atoms with E-state index in [1.54, 1.807) is 54.6 Å². The van der Waals surface area contributed by atoms with Crippen LogP contribution in [0.15, 0.2) is 71.3 Å². The summed E-state index contributed by atoms with van der Waals surface area (Å²) in [5.74, 6) is 0.196. The van der Waals surface area contributed by atoms with Crippen molar-refractivity contribution < 1.29 is 9.32 Å². The molecule has 0 aliphatic rings. The molecule has 5 nitrogen and oxygen atoms in total. The van der Waals surface area contributed by atoms with Gasteiger partial charge in [-0.2, -0.15) is 4.98 Å². The number of benzene rings is 3. The summed E-state index contributed by atoms with van der Waals surface area (Å²) in [5.41, 5.74) is 2.02. The Bertz CT molecular complexity index is 1210. The minimum atomic E-state index is -0.350. The summed E-state index contributed by atoms with van der Waals surface area (Å²) in [7, 11) is 0. The SMILES string of the molecule is O=C(Nc1ccc(Cl)c(Cl)c1)c1ccccc1-c1nc(-c2ccccc2Cl)no1. The lowest BCUT2D eigenvalue weighted by molar-refractivity contribution is 0.102. The average molecular weight is 445 g/mol. The second-order valence-corrected chi connectivity index (χ2v) is 7.25. The molecule has 0 aliphatic carbocycles. The number of anilines is 1. The van der Waals surface area contributed by atoms with Gasteiger partial charge in [0, 0.05) is 11.3 Å². The zero-order valence-electron chi connectivity index (χ0n) is 14.7. The molecule has 4 aromatic rings. The van der Waals surface area contributed by atoms with E-state index in [4.69, 9.17) is 39.3 Å². The Hall–Kier alpha value is -2.86. The van der Waals surface area contributed by atoms with E-state index >= 15 is 0 Å². The van der Waals surface area contributed by atoms with Gasteiger partial charge in [0.15, 0.2) is 0 Å². The van der Waals surface area contributed by atoms with E-state index < -0.39 is 0 Å². The monoisotopic (exact) mass is 443 g/mol. The van der Waals surface area contributed by atoms with Crippen LogP contribution in [-0.4, -0.2) is 16.0 Å². The van der Waals surface area contributed by atoms with Crippen molar-refractivity contribution in [2.75, 3.05) is 5.32 Å². The minimum absolute atomic E-state index is 0.208. The van der Waals surface area contributed by atoms with Crippen molar-refractivity contribution in [3.8, 4) is 22.8 Å². The number of nitrogens with zero attached hydrogens (tertiary/aromatic N) is 2. The molecule has 8 heteroatoms. The Kier molecular flexibility index (Phi) is 5.53. The van der Waals surface area contributed by atoms with Crippen LogP contribution >= 0.6 is 34.8 Å². The van der Waals surface area contributed by atoms with Gasteiger partial charge in [-0.1, -0.05) is 64.2 Å². The van der Waals surface area contributed by atoms with Crippen LogP contribution in [0.3, 0.4) is 0 Å². The predicted octanol–water partition coefficient (Wildman–Crippen LogP) is 6.62. The largest absolute Gasteiger partial charge is 0.334 e. The summed E-state index contributed by atoms with van der Waals surface area (Å²) in [5, 5.41) is 8.04. The molecule has 3 aromatic carbocycles. The lowest BCUT2D eigenvalue weighted by Crippen LogP contribution is -2.13. The summed E-state index contributed by atoms with van der Waals surface area (Å²) in [4.78, 5) is 17.2. The van der Waals surface area contributed by atoms with Crippen LogP contribution in [0.4, 0.5) is 5.69 Å². The van der Waals surface area contributed by atoms with Crippen LogP contribution in [0, 0.1) is 0 Å². The summed E-state index contributed by atoms with van der Waals surface area (Å²) in [6.07, 6.45) is 0. The molecule has 0 saturated carbocycles. The maximum Gasteiger partial charge on any atom is 0.259 e. The fourth-order valence-electron chi connectivity index (χ4n) is 2.72. The first-order valence-electron chi connectivity index (χ1n) is 8.47. The average Bonchev–Trinajstić information content (AvgIpc) is 3.21. The third-order valence-corrected chi connectivity index (χ3v) is 5.19. The summed E-state index contributed by atoms with van der Waals surface area (Å²) < 4.78 is 5.40. The highest BCUT2D eigenvalue weighted by Crippen LogP contribution is 2.30. The number of carbonyl (C=O) groups excluding carboxylic acids is 1. The van der Waals surface area contributed by atoms with E-state index in [-0.39, 0.29) is 11.8 Å². The first-order valence-corrected chi connectivity index (χ1v) is 9.61. The molecule has 0 bridgehead atoms. The number of aromatic nitrogens is 2. The van der Waals surface area contributed by atoms with Crippen LogP contribution in [0.25, 0.3) is 22.8 Å². The maximum atomic E-state index is 12.8. The molecule has 0 atom stereocenters. The molecule has 0 saturated heterocycles. The van der Waals surface area contributed by atoms with E-state index in [1.807, 2.05) is 12.1 Å². The third kappa shape index (κ3) is 4.12. The van der Waals surface area contributed by atoms with Gasteiger partial charge in [0.1, 0.15) is 0 Å². The number of hydrogen-bond donors (Lipinski definition) is 1. The highest BCUT2D eigenvalue weighted by molar-refractivity contribution is 6.42. The van der Waals surface area contributed by atoms with Gasteiger partial charge in [-0.25, -0.2) is 0 Å². The minimum Gasteiger partial charge on any atom is -0.334 e. The van der Waals surface area contributed by atoms with Gasteiger partial charge in [0.25, 0.3) is 11.8 Å². The van der Waals surface area contributed by atoms with Gasteiger partial charge in [0.2, 0.25) is 5.82 Å². The van der Waals surface area contributed by atoms with E-state index in [2.05, 4.69) is 15.5 Å². The highest BCUT2D eigenvalue weighted by Gasteiger charge is 2.19. The zero-order chi connectivity index (χ0) is 20.4. The molecule has 29 heavy (non-hydrogen) atoms. The summed E-state index contributed by atoms with van der Waals surface area (Å²) in [6.45, 7) is 0. The maximum absolute atomic E-state index is 12.8. The molecule has 4 rings (SSSR count). The standard InChI is InChI=1S/C21H12Cl3N3O2/c22-16-8-4-3-7-15(16)19-26-21(29-27-19)14-6-2-1-5-13(14)20(28)25-12-9-10-17(23)18(24)11-12/h1-11H,(H,25,28). The molecular weight excluding hydrogens is 433 g/mol. The number of hydrogen-bond acceptors (Lipinski definition) is 4. The van der Waals surface area contributed by atoms with Gasteiger partial charge in [0.05, 0.1) is 26.2 Å². The van der Waals surface area contributed by atoms with Crippen molar-refractivity contribution in [3.05, 3.63) is 87.4 Å². The Balaban J connectivity index is 1.66. The van der Waals surface area contributed by atoms with Crippen LogP contribution in [0.5, 0.6) is 0 Å². The van der Waals surface area contributed by atoms with Crippen molar-refractivity contribution in [1.82, 2.24) is 10.1 Å². The van der Waals surface area contributed by atoms with Crippen molar-refractivity contribution in [2.45, 2.75) is 0 Å². The van der Waals surface area contributed by atoms with Crippen LogP contribution in [0.1, 0.15) is 10.4 Å². The normalized spacial score (nSPS) is 10.7. The second kappa shape index (κ2) is 8.25. The van der Waals surface area contributed by atoms with Crippen LogP contribution < -0.4 is 5.32 Å². The molecule has 1 aromatic heterocycles. The number of rotatable bonds is 4. The van der Waals surface area contributed by atoms with Gasteiger partial charge >= 0.3 is 0 Å². The lowest BCUT2D eigenvalue weighted by Gasteiger charge is -2.08. The first-order chi connectivity index (χ1) is 14.0. The highest BCUT2D eigenvalue weighted by atomic mass is 35.5. The number of halogens is 3. The number of amides is 1. The van der Waals surface area contributed by atoms with Crippen LogP contribution in [0.2, 0.25) is 15.1 Å². The molecule has 0 spiro atoms. The molecular formula is C21H12Cl3N3O2. The van der Waals surface area contributed by atoms with E-state index in [0.29, 0.717) is 43.3 Å². The number of carbonyl (C=O) groups is 1. The topological polar surface area (TPSA) is 68.0 Å². The fraction of sp³-hybridized carbons (Fsp3) is 0. The van der Waals surface area contributed by atoms with Gasteiger partial charge in [-0.15, -0.1) is 0 Å². The molecule has 144 valence electrons. The quantitative estimate of drug-likeness (QED) is 0.384. The Labute approximate surface area is 181 Å².